The second-order valence-electron chi connectivity index (χ2n) is 5.34. The van der Waals surface area contributed by atoms with Gasteiger partial charge in [-0.15, -0.1) is 58.0 Å². The van der Waals surface area contributed by atoms with Gasteiger partial charge in [-0.1, -0.05) is 69.6 Å². The number of fused-ring (bicyclic) bond motifs is 5. The number of rotatable bonds is 0. The van der Waals surface area contributed by atoms with Gasteiger partial charge in [-0.2, -0.15) is 0 Å². The quantitative estimate of drug-likeness (QED) is 0.307. The second-order valence-corrected chi connectivity index (χ2v) is 11.7. The van der Waals surface area contributed by atoms with Crippen LogP contribution >= 0.6 is 128 Å². The van der Waals surface area contributed by atoms with Gasteiger partial charge in [0.15, 0.2) is 8.67 Å². The normalized spacial score (nSPS) is 57.0. The van der Waals surface area contributed by atoms with E-state index in [9.17, 15) is 0 Å². The molecule has 3 aliphatic rings. The van der Waals surface area contributed by atoms with Crippen molar-refractivity contribution in [1.82, 2.24) is 0 Å². The van der Waals surface area contributed by atoms with E-state index in [1.165, 1.54) is 0 Å². The Kier molecular flexibility index (Phi) is 4.10. The Bertz CT molecular complexity index is 584. The topological polar surface area (TPSA) is 0 Å². The molecule has 0 aromatic rings. The molecule has 21 heavy (non-hydrogen) atoms. The van der Waals surface area contributed by atoms with Gasteiger partial charge in [0.2, 0.25) is 0 Å². The van der Waals surface area contributed by atoms with Gasteiger partial charge < -0.3 is 0 Å². The van der Waals surface area contributed by atoms with Crippen molar-refractivity contribution < 1.29 is 0 Å². The summed E-state index contributed by atoms with van der Waals surface area (Å²) in [5, 5.41) is -1.21. The largest absolute Gasteiger partial charge is 0.175 e. The predicted octanol–water partition coefficient (Wildman–Crippen LogP) is 6.97. The molecule has 0 N–H and O–H groups in total. The summed E-state index contributed by atoms with van der Waals surface area (Å²) < 4.78 is -3.99. The zero-order valence-electron chi connectivity index (χ0n) is 9.44. The summed E-state index contributed by atoms with van der Waals surface area (Å²) in [5.74, 6) is 0. The number of hydrogen-bond acceptors (Lipinski definition) is 0. The number of hydrogen-bond donors (Lipinski definition) is 0. The predicted molar refractivity (Wildman–Crippen MR) is 96.2 cm³/mol. The molecule has 0 aromatic heterocycles. The maximum Gasteiger partial charge on any atom is 0.175 e. The summed E-state index contributed by atoms with van der Waals surface area (Å²) in [7, 11) is 0. The van der Waals surface area contributed by atoms with Gasteiger partial charge >= 0.3 is 0 Å². The first-order valence-electron chi connectivity index (χ1n) is 5.39. The SMILES string of the molecule is ClC1=C(Cl)[C@]2(Cl)C[C@]1(Cl)[C@@]1(Cl)[C@H](Cl)C(Cl)(Cl)C(Cl)(Cl)[C@@]12Cl. The molecule has 0 amide bonds. The minimum Gasteiger partial charge on any atom is -0.118 e. The first-order valence-corrected chi connectivity index (χ1v) is 9.61. The molecule has 0 nitrogen and oxygen atoms in total. The molecule has 2 saturated carbocycles. The van der Waals surface area contributed by atoms with Crippen molar-refractivity contribution in [2.75, 3.05) is 0 Å². The molecule has 0 radical (unpaired) electrons. The molecule has 0 spiro atoms. The third-order valence-corrected chi connectivity index (χ3v) is 12.8. The van der Waals surface area contributed by atoms with E-state index in [4.69, 9.17) is 128 Å². The Morgan fingerprint density at radius 2 is 1.19 bits per heavy atom. The van der Waals surface area contributed by atoms with Gasteiger partial charge in [-0.3, -0.25) is 0 Å². The van der Waals surface area contributed by atoms with Crippen molar-refractivity contribution in [2.45, 2.75) is 40.0 Å². The Morgan fingerprint density at radius 1 is 0.762 bits per heavy atom. The lowest BCUT2D eigenvalue weighted by Crippen LogP contribution is -2.65. The average molecular weight is 513 g/mol. The minimum absolute atomic E-state index is 0.00711. The highest BCUT2D eigenvalue weighted by atomic mass is 35.5. The first kappa shape index (κ1) is 18.7. The molecule has 0 saturated heterocycles. The summed E-state index contributed by atoms with van der Waals surface area (Å²) in [6.45, 7) is 0. The van der Waals surface area contributed by atoms with Crippen LogP contribution in [0.1, 0.15) is 6.42 Å². The van der Waals surface area contributed by atoms with Gasteiger partial charge in [-0.25, -0.2) is 0 Å². The van der Waals surface area contributed by atoms with Crippen molar-refractivity contribution >= 4 is 128 Å². The van der Waals surface area contributed by atoms with E-state index in [1.807, 2.05) is 0 Å². The van der Waals surface area contributed by atoms with Gasteiger partial charge in [0, 0.05) is 0 Å². The molecular formula is C10H3Cl11. The smallest absolute Gasteiger partial charge is 0.118 e. The minimum atomic E-state index is -2.05. The first-order chi connectivity index (χ1) is 9.18. The van der Waals surface area contributed by atoms with Gasteiger partial charge in [0.25, 0.3) is 0 Å². The number of allylic oxidation sites excluding steroid dienone is 2. The van der Waals surface area contributed by atoms with Crippen LogP contribution < -0.4 is 0 Å². The highest BCUT2D eigenvalue weighted by molar-refractivity contribution is 6.73. The molecule has 3 rings (SSSR count). The fraction of sp³-hybridized carbons (Fsp3) is 0.800. The average Bonchev–Trinajstić information content (AvgIpc) is 2.69. The van der Waals surface area contributed by atoms with Crippen LogP contribution in [0.4, 0.5) is 0 Å². The summed E-state index contributed by atoms with van der Waals surface area (Å²) in [6, 6.07) is 0. The van der Waals surface area contributed by atoms with Gasteiger partial charge in [-0.05, 0) is 6.42 Å². The van der Waals surface area contributed by atoms with Crippen LogP contribution in [-0.2, 0) is 0 Å². The second kappa shape index (κ2) is 4.61. The van der Waals surface area contributed by atoms with E-state index in [0.29, 0.717) is 0 Å². The fourth-order valence-electron chi connectivity index (χ4n) is 3.45. The molecule has 0 aromatic carbocycles. The fourth-order valence-corrected chi connectivity index (χ4v) is 9.49. The molecule has 2 fully saturated rings. The monoisotopic (exact) mass is 508 g/mol. The molecule has 11 heteroatoms. The van der Waals surface area contributed by atoms with Crippen LogP contribution in [0, 0.1) is 0 Å². The van der Waals surface area contributed by atoms with Gasteiger partial charge in [0.1, 0.15) is 19.5 Å². The van der Waals surface area contributed by atoms with E-state index >= 15 is 0 Å². The zero-order chi connectivity index (χ0) is 16.4. The van der Waals surface area contributed by atoms with Crippen molar-refractivity contribution in [3.05, 3.63) is 10.1 Å². The van der Waals surface area contributed by atoms with Crippen LogP contribution in [0.15, 0.2) is 10.1 Å². The molecular weight excluding hydrogens is 510 g/mol. The maximum absolute atomic E-state index is 6.73. The molecule has 0 aliphatic heterocycles. The van der Waals surface area contributed by atoms with E-state index in [0.717, 1.165) is 0 Å². The highest BCUT2D eigenvalue weighted by Gasteiger charge is 2.96. The Morgan fingerprint density at radius 3 is 1.67 bits per heavy atom. The Balaban J connectivity index is 2.45. The van der Waals surface area contributed by atoms with Crippen LogP contribution in [0.25, 0.3) is 0 Å². The summed E-state index contributed by atoms with van der Waals surface area (Å²) in [5.41, 5.74) is 0. The van der Waals surface area contributed by atoms with E-state index < -0.39 is 33.5 Å². The highest BCUT2D eigenvalue weighted by Crippen LogP contribution is 2.85. The third-order valence-electron chi connectivity index (χ3n) is 4.52. The molecule has 2 bridgehead atoms. The standard InChI is InChI=1S/C10H3Cl11/c11-2-3(12)6(15)1-5(2,14)7(16)4(13)8(17,18)10(20,21)9(6,7)19/h4H,1H2/t4-,5+,6+,7-,9-/m0/s1. The number of halogens is 11. The van der Waals surface area contributed by atoms with Crippen molar-refractivity contribution in [2.24, 2.45) is 0 Å². The Hall–Kier alpha value is 2.93. The molecule has 3 aliphatic carbocycles. The van der Waals surface area contributed by atoms with Crippen molar-refractivity contribution in [1.29, 1.82) is 0 Å². The third kappa shape index (κ3) is 1.50. The number of alkyl halides is 9. The van der Waals surface area contributed by atoms with Crippen LogP contribution in [-0.4, -0.2) is 33.5 Å². The van der Waals surface area contributed by atoms with E-state index in [2.05, 4.69) is 0 Å². The lowest BCUT2D eigenvalue weighted by atomic mass is 9.82. The van der Waals surface area contributed by atoms with E-state index in [1.54, 1.807) is 0 Å². The molecule has 120 valence electrons. The van der Waals surface area contributed by atoms with Crippen LogP contribution in [0.2, 0.25) is 0 Å². The molecule has 0 heterocycles. The summed E-state index contributed by atoms with van der Waals surface area (Å²) in [4.78, 5) is -6.64. The van der Waals surface area contributed by atoms with Gasteiger partial charge in [0.05, 0.1) is 15.4 Å². The van der Waals surface area contributed by atoms with Crippen molar-refractivity contribution in [3.63, 3.8) is 0 Å². The lowest BCUT2D eigenvalue weighted by Gasteiger charge is -2.49. The summed E-state index contributed by atoms with van der Waals surface area (Å²) in [6.07, 6.45) is -0.0119. The lowest BCUT2D eigenvalue weighted by molar-refractivity contribution is 0.440. The van der Waals surface area contributed by atoms with Crippen molar-refractivity contribution in [3.8, 4) is 0 Å². The van der Waals surface area contributed by atoms with E-state index in [-0.39, 0.29) is 16.5 Å². The van der Waals surface area contributed by atoms with Crippen LogP contribution in [0.3, 0.4) is 0 Å². The maximum atomic E-state index is 6.73. The Labute approximate surface area is 176 Å². The van der Waals surface area contributed by atoms with Crippen LogP contribution in [0.5, 0.6) is 0 Å². The molecule has 0 unspecified atom stereocenters. The summed E-state index contributed by atoms with van der Waals surface area (Å²) >= 11 is 70.7. The zero-order valence-corrected chi connectivity index (χ0v) is 17.8. The molecule has 5 atom stereocenters.